The fraction of sp³-hybridized carbons (Fsp3) is 0.364. The van der Waals surface area contributed by atoms with Crippen LogP contribution in [0.3, 0.4) is 0 Å². The minimum absolute atomic E-state index is 0.0690. The summed E-state index contributed by atoms with van der Waals surface area (Å²) in [5, 5.41) is 3.13. The highest BCUT2D eigenvalue weighted by Crippen LogP contribution is 2.12. The van der Waals surface area contributed by atoms with Crippen molar-refractivity contribution in [2.24, 2.45) is 0 Å². The van der Waals surface area contributed by atoms with E-state index in [1.807, 2.05) is 0 Å². The second kappa shape index (κ2) is 3.88. The number of hydrogen-bond acceptors (Lipinski definition) is 2. The van der Waals surface area contributed by atoms with Crippen molar-refractivity contribution < 1.29 is 9.18 Å². The van der Waals surface area contributed by atoms with Crippen LogP contribution in [0.5, 0.6) is 0 Å². The zero-order valence-electron chi connectivity index (χ0n) is 7.79. The molecule has 1 aliphatic rings. The normalized spacial score (nSPS) is 21.1. The van der Waals surface area contributed by atoms with E-state index in [9.17, 15) is 9.18 Å². The molecule has 0 bridgehead atoms. The minimum atomic E-state index is -0.305. The van der Waals surface area contributed by atoms with E-state index >= 15 is 0 Å². The van der Waals surface area contributed by atoms with Crippen LogP contribution in [-0.2, 0) is 0 Å². The van der Waals surface area contributed by atoms with E-state index in [4.69, 9.17) is 0 Å². The van der Waals surface area contributed by atoms with Gasteiger partial charge in [0.25, 0.3) is 0 Å². The summed E-state index contributed by atoms with van der Waals surface area (Å²) in [5.74, 6) is -0.233. The first-order chi connectivity index (χ1) is 6.77. The zero-order valence-corrected chi connectivity index (χ0v) is 7.79. The summed E-state index contributed by atoms with van der Waals surface area (Å²) in [6, 6.07) is 5.65. The smallest absolute Gasteiger partial charge is 0.179 e. The lowest BCUT2D eigenvalue weighted by Crippen LogP contribution is -2.30. The molecule has 0 radical (unpaired) electrons. The molecule has 1 fully saturated rings. The lowest BCUT2D eigenvalue weighted by atomic mass is 10.0. The number of ketones is 1. The Morgan fingerprint density at radius 2 is 2.07 bits per heavy atom. The van der Waals surface area contributed by atoms with Gasteiger partial charge in [-0.3, -0.25) is 4.79 Å². The van der Waals surface area contributed by atoms with Crippen LogP contribution in [0.1, 0.15) is 23.2 Å². The fourth-order valence-electron chi connectivity index (χ4n) is 1.72. The van der Waals surface area contributed by atoms with Gasteiger partial charge in [0.15, 0.2) is 5.78 Å². The van der Waals surface area contributed by atoms with Crippen molar-refractivity contribution in [3.8, 4) is 0 Å². The van der Waals surface area contributed by atoms with E-state index in [1.165, 1.54) is 24.3 Å². The maximum atomic E-state index is 12.6. The Morgan fingerprint density at radius 3 is 2.64 bits per heavy atom. The molecular formula is C11H12FNO. The monoisotopic (exact) mass is 193 g/mol. The Kier molecular flexibility index (Phi) is 2.59. The van der Waals surface area contributed by atoms with Gasteiger partial charge in [-0.1, -0.05) is 0 Å². The summed E-state index contributed by atoms with van der Waals surface area (Å²) < 4.78 is 12.6. The molecule has 1 N–H and O–H groups in total. The number of halogens is 1. The summed E-state index contributed by atoms with van der Waals surface area (Å²) in [6.07, 6.45) is 1.92. The Labute approximate surface area is 82.1 Å². The van der Waals surface area contributed by atoms with Gasteiger partial charge in [-0.15, -0.1) is 0 Å². The van der Waals surface area contributed by atoms with Gasteiger partial charge < -0.3 is 5.32 Å². The summed E-state index contributed by atoms with van der Waals surface area (Å²) in [4.78, 5) is 11.8. The number of Topliss-reactive ketones (excluding diaryl/α,β-unsaturated/α-hetero) is 1. The van der Waals surface area contributed by atoms with Gasteiger partial charge in [0, 0.05) is 5.56 Å². The van der Waals surface area contributed by atoms with Crippen molar-refractivity contribution in [2.75, 3.05) is 6.54 Å². The Morgan fingerprint density at radius 1 is 1.36 bits per heavy atom. The average molecular weight is 193 g/mol. The molecule has 3 heteroatoms. The van der Waals surface area contributed by atoms with Crippen LogP contribution in [0.2, 0.25) is 0 Å². The zero-order chi connectivity index (χ0) is 9.97. The third-order valence-corrected chi connectivity index (χ3v) is 2.51. The maximum Gasteiger partial charge on any atom is 0.179 e. The van der Waals surface area contributed by atoms with E-state index < -0.39 is 0 Å². The third kappa shape index (κ3) is 1.82. The van der Waals surface area contributed by atoms with Crippen molar-refractivity contribution in [3.05, 3.63) is 35.6 Å². The number of carbonyl (C=O) groups excluding carboxylic acids is 1. The molecule has 1 aromatic carbocycles. The first-order valence-corrected chi connectivity index (χ1v) is 4.80. The Bertz CT molecular complexity index is 328. The fourth-order valence-corrected chi connectivity index (χ4v) is 1.72. The molecule has 0 unspecified atom stereocenters. The van der Waals surface area contributed by atoms with E-state index in [2.05, 4.69) is 5.32 Å². The van der Waals surface area contributed by atoms with E-state index in [1.54, 1.807) is 0 Å². The van der Waals surface area contributed by atoms with Gasteiger partial charge in [0.05, 0.1) is 6.04 Å². The van der Waals surface area contributed by atoms with Gasteiger partial charge in [-0.2, -0.15) is 0 Å². The van der Waals surface area contributed by atoms with E-state index in [0.717, 1.165) is 19.4 Å². The molecular weight excluding hydrogens is 181 g/mol. The molecule has 1 atom stereocenters. The van der Waals surface area contributed by atoms with Crippen LogP contribution in [-0.4, -0.2) is 18.4 Å². The lowest BCUT2D eigenvalue weighted by molar-refractivity contribution is 0.0952. The molecule has 0 saturated carbocycles. The van der Waals surface area contributed by atoms with Crippen molar-refractivity contribution >= 4 is 5.78 Å². The second-order valence-corrected chi connectivity index (χ2v) is 3.52. The van der Waals surface area contributed by atoms with Crippen molar-refractivity contribution in [1.29, 1.82) is 0 Å². The van der Waals surface area contributed by atoms with Crippen LogP contribution in [0, 0.1) is 5.82 Å². The molecule has 1 aliphatic heterocycles. The first-order valence-electron chi connectivity index (χ1n) is 4.80. The molecule has 0 amide bonds. The molecule has 74 valence electrons. The van der Waals surface area contributed by atoms with Crippen molar-refractivity contribution in [2.45, 2.75) is 18.9 Å². The summed E-state index contributed by atoms with van der Waals surface area (Å²) in [7, 11) is 0. The summed E-state index contributed by atoms with van der Waals surface area (Å²) in [5.41, 5.74) is 0.589. The molecule has 0 aromatic heterocycles. The molecule has 1 heterocycles. The van der Waals surface area contributed by atoms with Crippen LogP contribution in [0.4, 0.5) is 4.39 Å². The van der Waals surface area contributed by atoms with Gasteiger partial charge in [0.2, 0.25) is 0 Å². The quantitative estimate of drug-likeness (QED) is 0.725. The number of hydrogen-bond donors (Lipinski definition) is 1. The topological polar surface area (TPSA) is 29.1 Å². The second-order valence-electron chi connectivity index (χ2n) is 3.52. The number of rotatable bonds is 2. The van der Waals surface area contributed by atoms with Crippen LogP contribution in [0.15, 0.2) is 24.3 Å². The van der Waals surface area contributed by atoms with Gasteiger partial charge in [-0.05, 0) is 43.7 Å². The van der Waals surface area contributed by atoms with Crippen molar-refractivity contribution in [1.82, 2.24) is 5.32 Å². The minimum Gasteiger partial charge on any atom is -0.307 e. The van der Waals surface area contributed by atoms with Gasteiger partial charge >= 0.3 is 0 Å². The summed E-state index contributed by atoms with van der Waals surface area (Å²) >= 11 is 0. The van der Waals surface area contributed by atoms with Crippen LogP contribution < -0.4 is 5.32 Å². The predicted molar refractivity (Wildman–Crippen MR) is 51.8 cm³/mol. The molecule has 0 spiro atoms. The maximum absolute atomic E-state index is 12.6. The SMILES string of the molecule is O=C(c1ccc(F)cc1)[C@@H]1CCCN1. The molecule has 2 nitrogen and oxygen atoms in total. The van der Waals surface area contributed by atoms with E-state index in [0.29, 0.717) is 5.56 Å². The average Bonchev–Trinajstić information content (AvgIpc) is 2.71. The predicted octanol–water partition coefficient (Wildman–Crippen LogP) is 1.76. The number of nitrogens with one attached hydrogen (secondary N) is 1. The highest BCUT2D eigenvalue weighted by Gasteiger charge is 2.22. The first kappa shape index (κ1) is 9.34. The van der Waals surface area contributed by atoms with Crippen molar-refractivity contribution in [3.63, 3.8) is 0 Å². The highest BCUT2D eigenvalue weighted by atomic mass is 19.1. The number of carbonyl (C=O) groups is 1. The largest absolute Gasteiger partial charge is 0.307 e. The van der Waals surface area contributed by atoms with Gasteiger partial charge in [0.1, 0.15) is 5.82 Å². The Hall–Kier alpha value is -1.22. The lowest BCUT2D eigenvalue weighted by Gasteiger charge is -2.08. The standard InChI is InChI=1S/C11H12FNO/c12-9-5-3-8(4-6-9)11(14)10-2-1-7-13-10/h3-6,10,13H,1-2,7H2/t10-/m0/s1. The molecule has 14 heavy (non-hydrogen) atoms. The van der Waals surface area contributed by atoms with Crippen LogP contribution >= 0.6 is 0 Å². The molecule has 1 aromatic rings. The third-order valence-electron chi connectivity index (χ3n) is 2.51. The molecule has 2 rings (SSSR count). The highest BCUT2D eigenvalue weighted by molar-refractivity contribution is 6.00. The molecule has 0 aliphatic carbocycles. The van der Waals surface area contributed by atoms with E-state index in [-0.39, 0.29) is 17.6 Å². The molecule has 1 saturated heterocycles. The van der Waals surface area contributed by atoms with Gasteiger partial charge in [-0.25, -0.2) is 4.39 Å². The summed E-state index contributed by atoms with van der Waals surface area (Å²) in [6.45, 7) is 0.900. The number of benzene rings is 1. The Balaban J connectivity index is 2.14. The van der Waals surface area contributed by atoms with Crippen LogP contribution in [0.25, 0.3) is 0 Å².